The third-order valence-electron chi connectivity index (χ3n) is 1.38. The molecule has 0 atom stereocenters. The van der Waals surface area contributed by atoms with E-state index < -0.39 is 24.0 Å². The zero-order valence-electron chi connectivity index (χ0n) is 8.21. The third-order valence-corrected chi connectivity index (χ3v) is 1.38. The number of nitrogens with zero attached hydrogens (tertiary/aromatic N) is 1. The Hall–Kier alpha value is -1.02. The number of hydrogen-bond acceptors (Lipinski definition) is 2. The molecule has 0 aliphatic heterocycles. The average molecular weight is 255 g/mol. The minimum Gasteiger partial charge on any atom is -0.481 e. The normalized spacial score (nSPS) is 15.2. The molecule has 0 aromatic carbocycles. The van der Waals surface area contributed by atoms with Gasteiger partial charge < -0.3 is 4.74 Å². The van der Waals surface area contributed by atoms with Crippen molar-refractivity contribution in [3.63, 3.8) is 0 Å². The molecule has 96 valence electrons. The van der Waals surface area contributed by atoms with Crippen molar-refractivity contribution in [2.24, 2.45) is 4.99 Å². The third kappa shape index (κ3) is 2.99. The van der Waals surface area contributed by atoms with Crippen molar-refractivity contribution in [3.05, 3.63) is 0 Å². The van der Waals surface area contributed by atoms with Gasteiger partial charge in [0.15, 0.2) is 5.90 Å². The summed E-state index contributed by atoms with van der Waals surface area (Å²) in [6.07, 6.45) is -6.38. The molecule has 0 rings (SSSR count). The first-order valence-corrected chi connectivity index (χ1v) is 3.97. The summed E-state index contributed by atoms with van der Waals surface area (Å²) in [5.41, 5.74) is 0. The zero-order valence-corrected chi connectivity index (χ0v) is 8.21. The van der Waals surface area contributed by atoms with Gasteiger partial charge in [0.05, 0.1) is 6.61 Å². The van der Waals surface area contributed by atoms with E-state index in [4.69, 9.17) is 0 Å². The lowest BCUT2D eigenvalue weighted by molar-refractivity contribution is -0.352. The van der Waals surface area contributed by atoms with Crippen LogP contribution in [0, 0.1) is 0 Å². The van der Waals surface area contributed by atoms with Crippen molar-refractivity contribution in [1.29, 1.82) is 0 Å². The molecule has 16 heavy (non-hydrogen) atoms. The fraction of sp³-hybridized carbons (Fsp3) is 0.857. The summed E-state index contributed by atoms with van der Waals surface area (Å²) in [5, 5.41) is 0. The Bertz CT molecular complexity index is 270. The Morgan fingerprint density at radius 3 is 1.81 bits per heavy atom. The summed E-state index contributed by atoms with van der Waals surface area (Å²) in [5.74, 6) is -7.19. The minimum absolute atomic E-state index is 0.178. The van der Waals surface area contributed by atoms with Crippen LogP contribution in [0.3, 0.4) is 0 Å². The number of ether oxygens (including phenoxy) is 1. The molecule has 2 nitrogen and oxygen atoms in total. The molecule has 0 amide bonds. The lowest BCUT2D eigenvalue weighted by Gasteiger charge is -2.25. The molecule has 0 aromatic rings. The van der Waals surface area contributed by atoms with E-state index in [1.165, 1.54) is 6.92 Å². The first kappa shape index (κ1) is 15.0. The number of halogens is 7. The number of rotatable bonds is 3. The molecule has 0 aliphatic rings. The Morgan fingerprint density at radius 1 is 1.06 bits per heavy atom. The van der Waals surface area contributed by atoms with E-state index in [2.05, 4.69) is 4.74 Å². The largest absolute Gasteiger partial charge is 0.481 e. The SMILES string of the molecule is CCOC(C)=NC(F)(F)C(F)(F)C(F)(F)F. The Morgan fingerprint density at radius 2 is 1.50 bits per heavy atom. The quantitative estimate of drug-likeness (QED) is 0.328. The van der Waals surface area contributed by atoms with Crippen LogP contribution in [0.4, 0.5) is 30.7 Å². The second kappa shape index (κ2) is 4.46. The molecule has 0 radical (unpaired) electrons. The van der Waals surface area contributed by atoms with Crippen molar-refractivity contribution < 1.29 is 35.5 Å². The minimum atomic E-state index is -6.38. The molecule has 9 heteroatoms. The van der Waals surface area contributed by atoms with Gasteiger partial charge in [0.2, 0.25) is 0 Å². The summed E-state index contributed by atoms with van der Waals surface area (Å²) < 4.78 is 88.7. The van der Waals surface area contributed by atoms with Gasteiger partial charge in [0.25, 0.3) is 0 Å². The number of alkyl halides is 7. The monoisotopic (exact) mass is 255 g/mol. The summed E-state index contributed by atoms with van der Waals surface area (Å²) in [7, 11) is 0. The van der Waals surface area contributed by atoms with Crippen molar-refractivity contribution in [3.8, 4) is 0 Å². The maximum Gasteiger partial charge on any atom is 0.462 e. The van der Waals surface area contributed by atoms with Gasteiger partial charge in [-0.25, -0.2) is 0 Å². The highest BCUT2D eigenvalue weighted by Crippen LogP contribution is 2.47. The fourth-order valence-corrected chi connectivity index (χ4v) is 0.680. The number of hydrogen-bond donors (Lipinski definition) is 0. The van der Waals surface area contributed by atoms with Crippen LogP contribution in [0.5, 0.6) is 0 Å². The van der Waals surface area contributed by atoms with Crippen LogP contribution in [0.1, 0.15) is 13.8 Å². The molecule has 0 bridgehead atoms. The van der Waals surface area contributed by atoms with E-state index in [1.54, 1.807) is 0 Å². The van der Waals surface area contributed by atoms with Gasteiger partial charge in [-0.15, -0.1) is 0 Å². The van der Waals surface area contributed by atoms with Crippen molar-refractivity contribution in [2.45, 2.75) is 32.0 Å². The molecule has 0 aromatic heterocycles. The molecule has 0 N–H and O–H groups in total. The fourth-order valence-electron chi connectivity index (χ4n) is 0.680. The summed E-state index contributed by atoms with van der Waals surface area (Å²) in [4.78, 5) is 1.93. The molecule has 0 unspecified atom stereocenters. The van der Waals surface area contributed by atoms with Crippen LogP contribution < -0.4 is 0 Å². The lowest BCUT2D eigenvalue weighted by atomic mass is 10.3. The van der Waals surface area contributed by atoms with Gasteiger partial charge in [-0.05, 0) is 6.92 Å². The van der Waals surface area contributed by atoms with E-state index in [9.17, 15) is 30.7 Å². The Kier molecular flexibility index (Phi) is 4.18. The second-order valence-electron chi connectivity index (χ2n) is 2.68. The molecule has 0 aliphatic carbocycles. The van der Waals surface area contributed by atoms with Crippen LogP contribution in [0.2, 0.25) is 0 Å². The maximum atomic E-state index is 12.5. The van der Waals surface area contributed by atoms with Crippen LogP contribution in [0.15, 0.2) is 4.99 Å². The Labute approximate surface area is 86.1 Å². The number of aliphatic imine (C=N–C) groups is 1. The molecule has 0 heterocycles. The molecule has 0 saturated carbocycles. The highest BCUT2D eigenvalue weighted by Gasteiger charge is 2.73. The average Bonchev–Trinajstić information content (AvgIpc) is 2.00. The van der Waals surface area contributed by atoms with E-state index in [1.807, 2.05) is 4.99 Å². The van der Waals surface area contributed by atoms with E-state index in [0.717, 1.165) is 6.92 Å². The second-order valence-corrected chi connectivity index (χ2v) is 2.68. The van der Waals surface area contributed by atoms with E-state index in [-0.39, 0.29) is 6.61 Å². The van der Waals surface area contributed by atoms with Crippen LogP contribution >= 0.6 is 0 Å². The smallest absolute Gasteiger partial charge is 0.462 e. The van der Waals surface area contributed by atoms with Crippen LogP contribution in [0.25, 0.3) is 0 Å². The molecular formula is C7H8F7NO. The van der Waals surface area contributed by atoms with Crippen molar-refractivity contribution in [1.82, 2.24) is 0 Å². The van der Waals surface area contributed by atoms with Crippen molar-refractivity contribution >= 4 is 5.90 Å². The van der Waals surface area contributed by atoms with Crippen molar-refractivity contribution in [2.75, 3.05) is 6.61 Å². The van der Waals surface area contributed by atoms with Gasteiger partial charge in [-0.1, -0.05) is 0 Å². The highest BCUT2D eigenvalue weighted by molar-refractivity contribution is 5.73. The first-order chi connectivity index (χ1) is 6.95. The van der Waals surface area contributed by atoms with Crippen LogP contribution in [-0.2, 0) is 4.74 Å². The predicted molar refractivity (Wildman–Crippen MR) is 40.7 cm³/mol. The molecule has 0 fully saturated rings. The highest BCUT2D eigenvalue weighted by atomic mass is 19.4. The van der Waals surface area contributed by atoms with Gasteiger partial charge >= 0.3 is 18.1 Å². The predicted octanol–water partition coefficient (Wildman–Crippen LogP) is 3.23. The summed E-state index contributed by atoms with van der Waals surface area (Å²) >= 11 is 0. The first-order valence-electron chi connectivity index (χ1n) is 3.97. The standard InChI is InChI=1S/C7H8F7NO/c1-3-16-4(2)15-7(13,14)5(8,9)6(10,11)12/h3H2,1-2H3. The summed E-state index contributed by atoms with van der Waals surface area (Å²) in [6, 6.07) is -5.59. The van der Waals surface area contributed by atoms with E-state index >= 15 is 0 Å². The zero-order chi connectivity index (χ0) is 13.2. The van der Waals surface area contributed by atoms with Gasteiger partial charge in [0.1, 0.15) is 0 Å². The maximum absolute atomic E-state index is 12.5. The topological polar surface area (TPSA) is 21.6 Å². The lowest BCUT2D eigenvalue weighted by Crippen LogP contribution is -2.51. The van der Waals surface area contributed by atoms with Crippen LogP contribution in [-0.4, -0.2) is 30.6 Å². The summed E-state index contributed by atoms with van der Waals surface area (Å²) in [6.45, 7) is 1.91. The Balaban J connectivity index is 5.13. The van der Waals surface area contributed by atoms with Gasteiger partial charge in [0, 0.05) is 6.92 Å². The molecular weight excluding hydrogens is 247 g/mol. The van der Waals surface area contributed by atoms with Gasteiger partial charge in [-0.3, -0.25) is 0 Å². The van der Waals surface area contributed by atoms with Gasteiger partial charge in [-0.2, -0.15) is 35.7 Å². The molecule has 0 spiro atoms. The van der Waals surface area contributed by atoms with E-state index in [0.29, 0.717) is 0 Å². The molecule has 0 saturated heterocycles.